The largest absolute Gasteiger partial charge is 0.478 e. The molecule has 0 saturated heterocycles. The fourth-order valence-electron chi connectivity index (χ4n) is 2.39. The van der Waals surface area contributed by atoms with E-state index in [1.54, 1.807) is 24.0 Å². The van der Waals surface area contributed by atoms with Crippen molar-refractivity contribution in [2.75, 3.05) is 11.4 Å². The topological polar surface area (TPSA) is 113 Å². The Hall–Kier alpha value is -2.57. The summed E-state index contributed by atoms with van der Waals surface area (Å²) in [7, 11) is 0. The Kier molecular flexibility index (Phi) is 4.11. The first-order valence-corrected chi connectivity index (χ1v) is 6.61. The smallest absolute Gasteiger partial charge is 0.335 e. The van der Waals surface area contributed by atoms with Crippen LogP contribution >= 0.6 is 0 Å². The molecule has 7 heteroatoms. The molecule has 0 fully saturated rings. The highest BCUT2D eigenvalue weighted by molar-refractivity contribution is 5.96. The lowest BCUT2D eigenvalue weighted by Gasteiger charge is -2.21. The molecule has 1 aliphatic rings. The Morgan fingerprint density at radius 2 is 2.14 bits per heavy atom. The number of nitrogens with one attached hydrogen (secondary N) is 1. The van der Waals surface area contributed by atoms with Gasteiger partial charge in [-0.05, 0) is 37.1 Å². The second-order valence-electron chi connectivity index (χ2n) is 5.07. The summed E-state index contributed by atoms with van der Waals surface area (Å²) in [6.45, 7) is 2.18. The van der Waals surface area contributed by atoms with Gasteiger partial charge in [0.1, 0.15) is 0 Å². The van der Waals surface area contributed by atoms with E-state index in [4.69, 9.17) is 10.8 Å². The van der Waals surface area contributed by atoms with Gasteiger partial charge in [-0.2, -0.15) is 0 Å². The lowest BCUT2D eigenvalue weighted by molar-refractivity contribution is -0.118. The minimum atomic E-state index is -0.990. The third kappa shape index (κ3) is 3.31. The normalized spacial score (nSPS) is 14.4. The monoisotopic (exact) mass is 291 g/mol. The Balaban J connectivity index is 2.10. The van der Waals surface area contributed by atoms with E-state index in [0.29, 0.717) is 18.7 Å². The maximum Gasteiger partial charge on any atom is 0.335 e. The zero-order valence-corrected chi connectivity index (χ0v) is 11.6. The molecular weight excluding hydrogens is 274 g/mol. The van der Waals surface area contributed by atoms with Gasteiger partial charge in [0.2, 0.25) is 5.91 Å². The van der Waals surface area contributed by atoms with Crippen LogP contribution in [-0.4, -0.2) is 35.6 Å². The van der Waals surface area contributed by atoms with Crippen LogP contribution in [0.3, 0.4) is 0 Å². The van der Waals surface area contributed by atoms with Crippen LogP contribution in [0.1, 0.15) is 29.3 Å². The summed E-state index contributed by atoms with van der Waals surface area (Å²) >= 11 is 0. The average molecular weight is 291 g/mol. The van der Waals surface area contributed by atoms with Crippen LogP contribution in [0.4, 0.5) is 10.5 Å². The average Bonchev–Trinajstić information content (AvgIpc) is 2.80. The number of aromatic carboxylic acids is 1. The Morgan fingerprint density at radius 3 is 2.76 bits per heavy atom. The number of benzene rings is 1. The maximum atomic E-state index is 12.2. The van der Waals surface area contributed by atoms with Crippen molar-refractivity contribution in [3.8, 4) is 0 Å². The molecule has 0 saturated carbocycles. The summed E-state index contributed by atoms with van der Waals surface area (Å²) in [6.07, 6.45) is 0.679. The number of hydrogen-bond acceptors (Lipinski definition) is 3. The molecule has 1 aromatic rings. The lowest BCUT2D eigenvalue weighted by atomic mass is 10.1. The summed E-state index contributed by atoms with van der Waals surface area (Å²) in [6, 6.07) is 4.02. The molecule has 21 heavy (non-hydrogen) atoms. The van der Waals surface area contributed by atoms with E-state index in [1.807, 2.05) is 0 Å². The summed E-state index contributed by atoms with van der Waals surface area (Å²) in [5.74, 6) is -1.47. The van der Waals surface area contributed by atoms with Crippen molar-refractivity contribution in [2.24, 2.45) is 5.73 Å². The summed E-state index contributed by atoms with van der Waals surface area (Å²) in [4.78, 5) is 35.4. The molecule has 1 aliphatic heterocycles. The van der Waals surface area contributed by atoms with Crippen LogP contribution in [0.5, 0.6) is 0 Å². The standard InChI is InChI=1S/C14H17N3O4/c1-8(6-12(15)18)16-14(21)17-5-4-9-7-10(13(19)20)2-3-11(9)17/h2-3,7-8H,4-6H2,1H3,(H2,15,18)(H,16,21)(H,19,20). The molecule has 1 aromatic carbocycles. The number of fused-ring (bicyclic) bond motifs is 1. The maximum absolute atomic E-state index is 12.2. The molecule has 2 rings (SSSR count). The molecule has 3 amide bonds. The molecule has 1 atom stereocenters. The molecule has 1 heterocycles. The Labute approximate surface area is 121 Å². The van der Waals surface area contributed by atoms with Crippen LogP contribution in [-0.2, 0) is 11.2 Å². The zero-order chi connectivity index (χ0) is 15.6. The molecule has 4 N–H and O–H groups in total. The van der Waals surface area contributed by atoms with Gasteiger partial charge in [-0.25, -0.2) is 9.59 Å². The number of rotatable bonds is 4. The SMILES string of the molecule is CC(CC(N)=O)NC(=O)N1CCc2cc(C(=O)O)ccc21. The number of carboxylic acids is 1. The van der Waals surface area contributed by atoms with Crippen molar-refractivity contribution in [1.82, 2.24) is 5.32 Å². The summed E-state index contributed by atoms with van der Waals surface area (Å²) in [5, 5.41) is 11.7. The quantitative estimate of drug-likeness (QED) is 0.758. The second-order valence-corrected chi connectivity index (χ2v) is 5.07. The molecule has 112 valence electrons. The first-order valence-electron chi connectivity index (χ1n) is 6.61. The number of carbonyl (C=O) groups excluding carboxylic acids is 2. The number of nitrogens with zero attached hydrogens (tertiary/aromatic N) is 1. The van der Waals surface area contributed by atoms with Crippen molar-refractivity contribution < 1.29 is 19.5 Å². The number of anilines is 1. The predicted octanol–water partition coefficient (Wildman–Crippen LogP) is 0.721. The van der Waals surface area contributed by atoms with Crippen LogP contribution < -0.4 is 16.0 Å². The van der Waals surface area contributed by atoms with Crippen LogP contribution in [0.2, 0.25) is 0 Å². The number of nitrogens with two attached hydrogens (primary N) is 1. The van der Waals surface area contributed by atoms with Crippen LogP contribution in [0.25, 0.3) is 0 Å². The third-order valence-electron chi connectivity index (χ3n) is 3.34. The van der Waals surface area contributed by atoms with Gasteiger partial charge in [0, 0.05) is 24.7 Å². The number of hydrogen-bond donors (Lipinski definition) is 3. The van der Waals surface area contributed by atoms with Gasteiger partial charge < -0.3 is 16.2 Å². The lowest BCUT2D eigenvalue weighted by Crippen LogP contribution is -2.44. The fourth-order valence-corrected chi connectivity index (χ4v) is 2.39. The third-order valence-corrected chi connectivity index (χ3v) is 3.34. The fraction of sp³-hybridized carbons (Fsp3) is 0.357. The first kappa shape index (κ1) is 14.8. The summed E-state index contributed by atoms with van der Waals surface area (Å²) in [5.41, 5.74) is 6.82. The van der Waals surface area contributed by atoms with Crippen LogP contribution in [0, 0.1) is 0 Å². The van der Waals surface area contributed by atoms with Crippen molar-refractivity contribution in [3.63, 3.8) is 0 Å². The van der Waals surface area contributed by atoms with E-state index in [2.05, 4.69) is 5.32 Å². The molecule has 7 nitrogen and oxygen atoms in total. The highest BCUT2D eigenvalue weighted by Crippen LogP contribution is 2.29. The van der Waals surface area contributed by atoms with Gasteiger partial charge in [0.25, 0.3) is 0 Å². The van der Waals surface area contributed by atoms with Crippen molar-refractivity contribution in [2.45, 2.75) is 25.8 Å². The zero-order valence-electron chi connectivity index (χ0n) is 11.6. The predicted molar refractivity (Wildman–Crippen MR) is 76.3 cm³/mol. The molecule has 0 bridgehead atoms. The van der Waals surface area contributed by atoms with Gasteiger partial charge in [-0.1, -0.05) is 0 Å². The number of carbonyl (C=O) groups is 3. The van der Waals surface area contributed by atoms with Crippen molar-refractivity contribution >= 4 is 23.6 Å². The minimum Gasteiger partial charge on any atom is -0.478 e. The second kappa shape index (κ2) is 5.82. The van der Waals surface area contributed by atoms with E-state index in [9.17, 15) is 14.4 Å². The van der Waals surface area contributed by atoms with Crippen molar-refractivity contribution in [1.29, 1.82) is 0 Å². The Bertz CT molecular complexity index is 600. The van der Waals surface area contributed by atoms with Gasteiger partial charge in [0.15, 0.2) is 0 Å². The first-order chi connectivity index (χ1) is 9.88. The van der Waals surface area contributed by atoms with Crippen LogP contribution in [0.15, 0.2) is 18.2 Å². The molecule has 0 aromatic heterocycles. The van der Waals surface area contributed by atoms with E-state index >= 15 is 0 Å². The van der Waals surface area contributed by atoms with Gasteiger partial charge in [-0.15, -0.1) is 0 Å². The molecule has 0 radical (unpaired) electrons. The van der Waals surface area contributed by atoms with E-state index in [0.717, 1.165) is 5.56 Å². The van der Waals surface area contributed by atoms with Crippen molar-refractivity contribution in [3.05, 3.63) is 29.3 Å². The van der Waals surface area contributed by atoms with Gasteiger partial charge >= 0.3 is 12.0 Å². The summed E-state index contributed by atoms with van der Waals surface area (Å²) < 4.78 is 0. The number of primary amides is 1. The van der Waals surface area contributed by atoms with Gasteiger partial charge in [-0.3, -0.25) is 9.69 Å². The molecule has 0 spiro atoms. The number of carboxylic acid groups (broad SMARTS) is 1. The van der Waals surface area contributed by atoms with E-state index < -0.39 is 11.9 Å². The highest BCUT2D eigenvalue weighted by atomic mass is 16.4. The molecule has 1 unspecified atom stereocenters. The Morgan fingerprint density at radius 1 is 1.43 bits per heavy atom. The number of amides is 3. The number of urea groups is 1. The van der Waals surface area contributed by atoms with E-state index in [-0.39, 0.29) is 24.1 Å². The van der Waals surface area contributed by atoms with Gasteiger partial charge in [0.05, 0.1) is 5.56 Å². The highest BCUT2D eigenvalue weighted by Gasteiger charge is 2.26. The molecule has 0 aliphatic carbocycles. The molecular formula is C14H17N3O4. The van der Waals surface area contributed by atoms with E-state index in [1.165, 1.54) is 6.07 Å². The minimum absolute atomic E-state index is 0.0738.